The highest BCUT2D eigenvalue weighted by Gasteiger charge is 2.10. The molecule has 1 rings (SSSR count). The van der Waals surface area contributed by atoms with Crippen molar-refractivity contribution in [2.75, 3.05) is 26.4 Å². The minimum Gasteiger partial charge on any atom is -0.489 e. The first-order chi connectivity index (χ1) is 11.0. The normalized spacial score (nSPS) is 10.8. The Bertz CT molecular complexity index is 525. The van der Waals surface area contributed by atoms with Gasteiger partial charge in [0, 0.05) is 24.8 Å². The minimum atomic E-state index is 0.118. The lowest BCUT2D eigenvalue weighted by atomic mass is 10.3. The van der Waals surface area contributed by atoms with E-state index in [2.05, 4.69) is 5.16 Å². The number of hydrogen-bond donors (Lipinski definition) is 1. The SMILES string of the molecule is ON=CCCOCCOc1c(Cl)cc(OCC=C(Cl)Cl)cc1Cl. The lowest BCUT2D eigenvalue weighted by Gasteiger charge is -2.12. The van der Waals surface area contributed by atoms with Crippen molar-refractivity contribution in [1.82, 2.24) is 0 Å². The van der Waals surface area contributed by atoms with Gasteiger partial charge in [-0.15, -0.1) is 5.16 Å². The average Bonchev–Trinajstić information content (AvgIpc) is 2.48. The summed E-state index contributed by atoms with van der Waals surface area (Å²) in [6.07, 6.45) is 3.36. The summed E-state index contributed by atoms with van der Waals surface area (Å²) in [5, 5.41) is 11.7. The van der Waals surface area contributed by atoms with Crippen LogP contribution in [0.1, 0.15) is 6.42 Å². The Morgan fingerprint density at radius 1 is 1.09 bits per heavy atom. The summed E-state index contributed by atoms with van der Waals surface area (Å²) in [7, 11) is 0. The molecule has 0 spiro atoms. The topological polar surface area (TPSA) is 60.3 Å². The maximum absolute atomic E-state index is 8.22. The van der Waals surface area contributed by atoms with Crippen molar-refractivity contribution >= 4 is 52.6 Å². The summed E-state index contributed by atoms with van der Waals surface area (Å²) < 4.78 is 16.3. The van der Waals surface area contributed by atoms with Gasteiger partial charge in [0.2, 0.25) is 0 Å². The Kier molecular flexibility index (Phi) is 10.2. The molecule has 0 radical (unpaired) electrons. The molecular weight excluding hydrogens is 388 g/mol. The third-order valence-corrected chi connectivity index (χ3v) is 3.28. The number of ether oxygens (including phenoxy) is 3. The van der Waals surface area contributed by atoms with Crippen molar-refractivity contribution in [2.24, 2.45) is 5.16 Å². The van der Waals surface area contributed by atoms with Gasteiger partial charge in [-0.2, -0.15) is 0 Å². The molecule has 0 amide bonds. The van der Waals surface area contributed by atoms with Gasteiger partial charge in [0.1, 0.15) is 23.5 Å². The van der Waals surface area contributed by atoms with Crippen molar-refractivity contribution in [3.63, 3.8) is 0 Å². The van der Waals surface area contributed by atoms with Crippen LogP contribution in [0, 0.1) is 0 Å². The van der Waals surface area contributed by atoms with E-state index in [-0.39, 0.29) is 17.7 Å². The Morgan fingerprint density at radius 3 is 2.39 bits per heavy atom. The van der Waals surface area contributed by atoms with Gasteiger partial charge in [0.15, 0.2) is 5.75 Å². The van der Waals surface area contributed by atoms with Crippen LogP contribution in [0.5, 0.6) is 11.5 Å². The third kappa shape index (κ3) is 8.53. The van der Waals surface area contributed by atoms with Gasteiger partial charge in [-0.3, -0.25) is 0 Å². The smallest absolute Gasteiger partial charge is 0.156 e. The van der Waals surface area contributed by atoms with Crippen LogP contribution in [0.15, 0.2) is 27.9 Å². The summed E-state index contributed by atoms with van der Waals surface area (Å²) in [6, 6.07) is 3.16. The van der Waals surface area contributed by atoms with Gasteiger partial charge in [0.25, 0.3) is 0 Å². The Hall–Kier alpha value is -0.850. The highest BCUT2D eigenvalue weighted by Crippen LogP contribution is 2.36. The summed E-state index contributed by atoms with van der Waals surface area (Å²) in [6.45, 7) is 1.25. The first-order valence-corrected chi connectivity index (χ1v) is 8.05. The third-order valence-electron chi connectivity index (χ3n) is 2.41. The largest absolute Gasteiger partial charge is 0.489 e. The zero-order chi connectivity index (χ0) is 17.1. The van der Waals surface area contributed by atoms with E-state index in [4.69, 9.17) is 65.8 Å². The Labute approximate surface area is 154 Å². The number of hydrogen-bond acceptors (Lipinski definition) is 5. The summed E-state index contributed by atoms with van der Waals surface area (Å²) >= 11 is 23.2. The molecule has 128 valence electrons. The van der Waals surface area contributed by atoms with Crippen LogP contribution in [0.2, 0.25) is 10.0 Å². The lowest BCUT2D eigenvalue weighted by molar-refractivity contribution is 0.105. The molecule has 0 aliphatic rings. The van der Waals surface area contributed by atoms with Crippen LogP contribution in [-0.4, -0.2) is 37.8 Å². The van der Waals surface area contributed by atoms with Crippen LogP contribution in [0.4, 0.5) is 0 Å². The molecule has 5 nitrogen and oxygen atoms in total. The molecule has 23 heavy (non-hydrogen) atoms. The quantitative estimate of drug-likeness (QED) is 0.260. The van der Waals surface area contributed by atoms with Gasteiger partial charge in [-0.25, -0.2) is 0 Å². The van der Waals surface area contributed by atoms with E-state index < -0.39 is 0 Å². The lowest BCUT2D eigenvalue weighted by Crippen LogP contribution is -2.08. The fourth-order valence-corrected chi connectivity index (χ4v) is 2.16. The molecule has 0 heterocycles. The second-order valence-electron chi connectivity index (χ2n) is 4.07. The van der Waals surface area contributed by atoms with Crippen molar-refractivity contribution in [3.8, 4) is 11.5 Å². The predicted octanol–water partition coefficient (Wildman–Crippen LogP) is 4.94. The molecule has 9 heteroatoms. The molecule has 1 aromatic carbocycles. The molecule has 0 saturated heterocycles. The van der Waals surface area contributed by atoms with Crippen LogP contribution in [0.3, 0.4) is 0 Å². The van der Waals surface area contributed by atoms with E-state index in [1.54, 1.807) is 12.1 Å². The molecule has 1 aromatic rings. The highest BCUT2D eigenvalue weighted by molar-refractivity contribution is 6.55. The average molecular weight is 403 g/mol. The fourth-order valence-electron chi connectivity index (χ4n) is 1.46. The molecule has 0 atom stereocenters. The van der Waals surface area contributed by atoms with E-state index in [1.165, 1.54) is 12.3 Å². The molecule has 0 unspecified atom stereocenters. The molecule has 0 aromatic heterocycles. The molecule has 0 aliphatic heterocycles. The highest BCUT2D eigenvalue weighted by atomic mass is 35.5. The van der Waals surface area contributed by atoms with E-state index in [0.29, 0.717) is 41.2 Å². The fraction of sp³-hybridized carbons (Fsp3) is 0.357. The maximum Gasteiger partial charge on any atom is 0.156 e. The van der Waals surface area contributed by atoms with Gasteiger partial charge in [0.05, 0.1) is 23.3 Å². The van der Waals surface area contributed by atoms with Crippen molar-refractivity contribution < 1.29 is 19.4 Å². The van der Waals surface area contributed by atoms with Crippen LogP contribution in [0.25, 0.3) is 0 Å². The van der Waals surface area contributed by atoms with Gasteiger partial charge in [-0.1, -0.05) is 46.4 Å². The number of benzene rings is 1. The number of rotatable bonds is 10. The minimum absolute atomic E-state index is 0.118. The van der Waals surface area contributed by atoms with Crippen molar-refractivity contribution in [3.05, 3.63) is 32.7 Å². The summed E-state index contributed by atoms with van der Waals surface area (Å²) in [5.74, 6) is 0.824. The standard InChI is InChI=1S/C14H15Cl4NO4/c15-11-8-10(22-5-2-13(17)18)9-12(16)14(11)23-7-6-21-4-1-3-19-20/h2-3,8-9,20H,1,4-7H2. The molecule has 0 fully saturated rings. The van der Waals surface area contributed by atoms with E-state index in [0.717, 1.165) is 0 Å². The first-order valence-electron chi connectivity index (χ1n) is 6.54. The van der Waals surface area contributed by atoms with Crippen LogP contribution in [-0.2, 0) is 4.74 Å². The predicted molar refractivity (Wildman–Crippen MR) is 93.0 cm³/mol. The molecule has 0 saturated carbocycles. The van der Waals surface area contributed by atoms with E-state index in [9.17, 15) is 0 Å². The second kappa shape index (κ2) is 11.6. The molecule has 0 aliphatic carbocycles. The number of halogens is 4. The molecule has 0 bridgehead atoms. The summed E-state index contributed by atoms with van der Waals surface area (Å²) in [4.78, 5) is 0. The number of oxime groups is 1. The van der Waals surface area contributed by atoms with Gasteiger partial charge < -0.3 is 19.4 Å². The first kappa shape index (κ1) is 20.2. The zero-order valence-electron chi connectivity index (χ0n) is 12.0. The molecule has 1 N–H and O–H groups in total. The van der Waals surface area contributed by atoms with E-state index >= 15 is 0 Å². The second-order valence-corrected chi connectivity index (χ2v) is 5.89. The van der Waals surface area contributed by atoms with Crippen molar-refractivity contribution in [1.29, 1.82) is 0 Å². The Balaban J connectivity index is 2.45. The van der Waals surface area contributed by atoms with Crippen LogP contribution < -0.4 is 9.47 Å². The van der Waals surface area contributed by atoms with Gasteiger partial charge in [-0.05, 0) is 6.08 Å². The van der Waals surface area contributed by atoms with E-state index in [1.807, 2.05) is 0 Å². The monoisotopic (exact) mass is 401 g/mol. The Morgan fingerprint density at radius 2 is 1.78 bits per heavy atom. The molecular formula is C14H15Cl4NO4. The summed E-state index contributed by atoms with van der Waals surface area (Å²) in [5.41, 5.74) is 0. The van der Waals surface area contributed by atoms with Crippen molar-refractivity contribution in [2.45, 2.75) is 6.42 Å². The van der Waals surface area contributed by atoms with Gasteiger partial charge >= 0.3 is 0 Å². The van der Waals surface area contributed by atoms with Crippen LogP contribution >= 0.6 is 46.4 Å². The number of nitrogens with zero attached hydrogens (tertiary/aromatic N) is 1. The zero-order valence-corrected chi connectivity index (χ0v) is 15.0. The maximum atomic E-state index is 8.22.